The summed E-state index contributed by atoms with van der Waals surface area (Å²) in [6, 6.07) is 0. The molecule has 0 rings (SSSR count). The van der Waals surface area contributed by atoms with Gasteiger partial charge in [-0.2, -0.15) is 0 Å². The van der Waals surface area contributed by atoms with E-state index in [-0.39, 0.29) is 18.5 Å². The Hall–Kier alpha value is 0.439. The molecular weight excluding hydrogens is 751 g/mol. The fraction of sp³-hybridized carbons (Fsp3) is 0.952. The molecule has 0 saturated carbocycles. The van der Waals surface area contributed by atoms with Gasteiger partial charge >= 0.3 is 251 Å². The van der Waals surface area contributed by atoms with E-state index in [2.05, 4.69) is 27.7 Å². The van der Waals surface area contributed by atoms with Gasteiger partial charge in [0.25, 0.3) is 0 Å². The van der Waals surface area contributed by atoms with Crippen LogP contribution in [-0.4, -0.2) is 52.8 Å². The Labute approximate surface area is 327 Å². The molecule has 0 saturated heterocycles. The van der Waals surface area contributed by atoms with E-state index in [0.717, 1.165) is 64.2 Å². The van der Waals surface area contributed by atoms with E-state index in [4.69, 9.17) is 34.7 Å². The van der Waals surface area contributed by atoms with Crippen molar-refractivity contribution in [2.24, 2.45) is 5.41 Å². The maximum absolute atomic E-state index is 13.8. The number of ether oxygens (including phenoxy) is 2. The second-order valence-corrected chi connectivity index (χ2v) is 23.3. The summed E-state index contributed by atoms with van der Waals surface area (Å²) in [7, 11) is 0. The zero-order chi connectivity index (χ0) is 36.3. The Bertz CT molecular complexity index is 729. The average Bonchev–Trinajstić information content (AvgIpc) is 3.08. The van der Waals surface area contributed by atoms with E-state index in [9.17, 15) is 9.59 Å². The maximum atomic E-state index is 13.8. The molecule has 0 spiro atoms. The molecule has 2 atom stereocenters. The van der Waals surface area contributed by atoms with Gasteiger partial charge in [-0.3, -0.25) is 0 Å². The first kappa shape index (κ1) is 49.4. The molecule has 49 heavy (non-hydrogen) atoms. The molecule has 0 aromatic carbocycles. The van der Waals surface area contributed by atoms with E-state index in [1.807, 2.05) is 0 Å². The van der Waals surface area contributed by atoms with E-state index >= 15 is 0 Å². The first-order valence-electron chi connectivity index (χ1n) is 21.3. The topological polar surface area (TPSA) is 52.6 Å². The summed E-state index contributed by atoms with van der Waals surface area (Å²) in [4.78, 5) is 26.5. The van der Waals surface area contributed by atoms with Crippen LogP contribution in [0.4, 0.5) is 0 Å². The summed E-state index contributed by atoms with van der Waals surface area (Å²) in [6.07, 6.45) is 37.1. The predicted octanol–water partition coefficient (Wildman–Crippen LogP) is 13.4. The van der Waals surface area contributed by atoms with Gasteiger partial charge in [0.05, 0.1) is 0 Å². The van der Waals surface area contributed by atoms with Crippen LogP contribution in [0.2, 0.25) is 0 Å². The van der Waals surface area contributed by atoms with Crippen LogP contribution in [0.5, 0.6) is 0 Å². The fourth-order valence-corrected chi connectivity index (χ4v) is 14.1. The van der Waals surface area contributed by atoms with Gasteiger partial charge in [0.15, 0.2) is 0 Å². The van der Waals surface area contributed by atoms with Crippen LogP contribution in [0.25, 0.3) is 0 Å². The number of unbranched alkanes of at least 4 members (excludes halogenated alkanes) is 24. The van der Waals surface area contributed by atoms with Crippen molar-refractivity contribution in [1.29, 1.82) is 0 Å². The number of rotatable bonds is 38. The summed E-state index contributed by atoms with van der Waals surface area (Å²) in [5.41, 5.74) is -0.557. The van der Waals surface area contributed by atoms with Gasteiger partial charge in [-0.25, -0.2) is 0 Å². The Morgan fingerprint density at radius 1 is 0.490 bits per heavy atom. The Morgan fingerprint density at radius 3 is 1.18 bits per heavy atom. The van der Waals surface area contributed by atoms with Crippen molar-refractivity contribution in [2.45, 2.75) is 233 Å². The SMILES string of the molecule is CCCCCCCCCCCCCCOC(=O)C[CH](S)[Sn][CH](S)C(CCCC)(CCCC)C(=O)OCCCCCCCCCCCCCC. The minimum Gasteiger partial charge on any atom is -0.0654 e. The van der Waals surface area contributed by atoms with Crippen molar-refractivity contribution >= 4 is 58.3 Å². The molecule has 0 aromatic heterocycles. The first-order valence-corrected chi connectivity index (χ1v) is 25.7. The van der Waals surface area contributed by atoms with Crippen LogP contribution in [0.15, 0.2) is 0 Å². The van der Waals surface area contributed by atoms with Crippen molar-refractivity contribution in [1.82, 2.24) is 0 Å². The van der Waals surface area contributed by atoms with E-state index in [1.165, 1.54) is 128 Å². The van der Waals surface area contributed by atoms with E-state index in [1.54, 1.807) is 0 Å². The molecule has 0 amide bonds. The number of thiol groups is 2. The first-order chi connectivity index (χ1) is 23.9. The van der Waals surface area contributed by atoms with Crippen molar-refractivity contribution < 1.29 is 19.1 Å². The van der Waals surface area contributed by atoms with Crippen molar-refractivity contribution in [3.05, 3.63) is 0 Å². The molecular formula is C42H82O4S2Sn. The molecule has 2 radical (unpaired) electrons. The molecule has 0 bridgehead atoms. The summed E-state index contributed by atoms with van der Waals surface area (Å²) >= 11 is 8.68. The van der Waals surface area contributed by atoms with Crippen LogP contribution in [-0.2, 0) is 19.1 Å². The molecule has 0 fully saturated rings. The van der Waals surface area contributed by atoms with Gasteiger partial charge in [-0.1, -0.05) is 78.1 Å². The third-order valence-electron chi connectivity index (χ3n) is 10.1. The van der Waals surface area contributed by atoms with Gasteiger partial charge in [-0.05, 0) is 0 Å². The normalized spacial score (nSPS) is 13.0. The third kappa shape index (κ3) is 28.6. The Balaban J connectivity index is 4.48. The molecule has 290 valence electrons. The van der Waals surface area contributed by atoms with E-state index < -0.39 is 26.6 Å². The molecule has 0 aliphatic rings. The second-order valence-electron chi connectivity index (χ2n) is 14.8. The zero-order valence-electron chi connectivity index (χ0n) is 33.0. The van der Waals surface area contributed by atoms with Gasteiger partial charge in [0.2, 0.25) is 0 Å². The smallest absolute Gasteiger partial charge is 0.0654 e. The van der Waals surface area contributed by atoms with Crippen molar-refractivity contribution in [2.75, 3.05) is 13.2 Å². The monoisotopic (exact) mass is 834 g/mol. The Morgan fingerprint density at radius 2 is 0.816 bits per heavy atom. The van der Waals surface area contributed by atoms with Crippen molar-refractivity contribution in [3.63, 3.8) is 0 Å². The van der Waals surface area contributed by atoms with Crippen LogP contribution >= 0.6 is 25.3 Å². The number of hydrogen-bond acceptors (Lipinski definition) is 6. The van der Waals surface area contributed by atoms with Crippen molar-refractivity contribution in [3.8, 4) is 0 Å². The van der Waals surface area contributed by atoms with Crippen LogP contribution in [0.3, 0.4) is 0 Å². The quantitative estimate of drug-likeness (QED) is 0.0282. The zero-order valence-corrected chi connectivity index (χ0v) is 37.7. The molecule has 7 heteroatoms. The summed E-state index contributed by atoms with van der Waals surface area (Å²) in [5.74, 6) is -0.194. The fourth-order valence-electron chi connectivity index (χ4n) is 6.70. The van der Waals surface area contributed by atoms with Crippen LogP contribution in [0.1, 0.15) is 227 Å². The number of hydrogen-bond donors (Lipinski definition) is 2. The molecule has 0 aliphatic carbocycles. The molecule has 0 aliphatic heterocycles. The minimum absolute atomic E-state index is 0.0210. The molecule has 0 heterocycles. The summed E-state index contributed by atoms with van der Waals surface area (Å²) in [6.45, 7) is 9.93. The predicted molar refractivity (Wildman–Crippen MR) is 221 cm³/mol. The standard InChI is InChI=1S/C25H49O2S.C17H33O2S.Sn/c1-4-7-10-11-12-13-14-15-16-17-18-19-22-27-24(26)25(23-28,20-8-5-2)21-9-6-3;1-2-3-4-5-6-7-8-9-10-11-12-13-15-19-17(18)14-16-20;/h23,28H,4-22H2,1-3H3;16,20H,2-15H2,1H3;. The van der Waals surface area contributed by atoms with Crippen LogP contribution in [0, 0.1) is 5.41 Å². The minimum atomic E-state index is -1.31. The second kappa shape index (κ2) is 36.8. The molecule has 4 nitrogen and oxygen atoms in total. The van der Waals surface area contributed by atoms with Gasteiger partial charge in [-0.15, -0.1) is 0 Å². The number of carbonyl (C=O) groups is 2. The molecule has 2 unspecified atom stereocenters. The van der Waals surface area contributed by atoms with Gasteiger partial charge in [0.1, 0.15) is 0 Å². The summed E-state index contributed by atoms with van der Waals surface area (Å²) < 4.78 is 11.6. The Kier molecular flexibility index (Phi) is 37.1. The number of esters is 2. The van der Waals surface area contributed by atoms with E-state index in [0.29, 0.717) is 19.6 Å². The third-order valence-corrected chi connectivity index (χ3v) is 16.9. The van der Waals surface area contributed by atoms with Gasteiger partial charge in [0, 0.05) is 0 Å². The summed E-state index contributed by atoms with van der Waals surface area (Å²) in [5, 5.41) is 0. The number of carbonyl (C=O) groups excluding carboxylic acids is 2. The molecule has 0 N–H and O–H groups in total. The molecule has 0 aromatic rings. The van der Waals surface area contributed by atoms with Gasteiger partial charge < -0.3 is 0 Å². The average molecular weight is 834 g/mol. The van der Waals surface area contributed by atoms with Crippen LogP contribution < -0.4 is 0 Å².